The van der Waals surface area contributed by atoms with E-state index in [0.29, 0.717) is 5.75 Å². The van der Waals surface area contributed by atoms with Gasteiger partial charge in [0.2, 0.25) is 0 Å². The summed E-state index contributed by atoms with van der Waals surface area (Å²) < 4.78 is 5.37. The van der Waals surface area contributed by atoms with E-state index in [1.54, 1.807) is 0 Å². The Labute approximate surface area is 102 Å². The summed E-state index contributed by atoms with van der Waals surface area (Å²) in [6, 6.07) is 7.46. The fourth-order valence-electron chi connectivity index (χ4n) is 1.32. The van der Waals surface area contributed by atoms with Crippen molar-refractivity contribution in [1.29, 1.82) is 0 Å². The van der Waals surface area contributed by atoms with Crippen molar-refractivity contribution in [2.45, 2.75) is 26.3 Å². The average molecular weight is 236 g/mol. The van der Waals surface area contributed by atoms with E-state index >= 15 is 0 Å². The maximum absolute atomic E-state index is 11.5. The molecule has 0 atom stereocenters. The van der Waals surface area contributed by atoms with Crippen molar-refractivity contribution in [1.82, 2.24) is 5.32 Å². The molecule has 0 unspecified atom stereocenters. The Morgan fingerprint density at radius 3 is 2.29 bits per heavy atom. The highest BCUT2D eigenvalue weighted by Crippen LogP contribution is 2.14. The maximum atomic E-state index is 11.5. The zero-order chi connectivity index (χ0) is 12.9. The number of amides is 1. The number of rotatable bonds is 4. The largest absolute Gasteiger partial charge is 0.484 e. The minimum absolute atomic E-state index is 0.0379. The molecule has 0 aliphatic rings. The fraction of sp³-hybridized carbons (Fsp3) is 0.462. The molecule has 94 valence electrons. The second-order valence-corrected chi connectivity index (χ2v) is 4.86. The second-order valence-electron chi connectivity index (χ2n) is 4.86. The molecule has 17 heavy (non-hydrogen) atoms. The van der Waals surface area contributed by atoms with Crippen molar-refractivity contribution in [3.63, 3.8) is 0 Å². The van der Waals surface area contributed by atoms with Crippen LogP contribution in [-0.2, 0) is 4.79 Å². The lowest BCUT2D eigenvalue weighted by Gasteiger charge is -2.20. The first-order chi connectivity index (χ1) is 7.90. The van der Waals surface area contributed by atoms with Crippen molar-refractivity contribution in [2.75, 3.05) is 19.0 Å². The molecule has 0 fully saturated rings. The molecule has 4 heteroatoms. The van der Waals surface area contributed by atoms with Crippen LogP contribution in [0.4, 0.5) is 5.69 Å². The number of ether oxygens (including phenoxy) is 1. The van der Waals surface area contributed by atoms with Crippen LogP contribution in [0.15, 0.2) is 24.3 Å². The van der Waals surface area contributed by atoms with Crippen molar-refractivity contribution in [2.24, 2.45) is 0 Å². The van der Waals surface area contributed by atoms with Crippen LogP contribution < -0.4 is 15.4 Å². The van der Waals surface area contributed by atoms with Gasteiger partial charge in [-0.05, 0) is 45.0 Å². The Morgan fingerprint density at radius 2 is 1.82 bits per heavy atom. The van der Waals surface area contributed by atoms with E-state index < -0.39 is 0 Å². The van der Waals surface area contributed by atoms with Gasteiger partial charge in [-0.3, -0.25) is 4.79 Å². The van der Waals surface area contributed by atoms with Gasteiger partial charge in [-0.1, -0.05) is 0 Å². The molecule has 1 rings (SSSR count). The fourth-order valence-corrected chi connectivity index (χ4v) is 1.32. The lowest BCUT2D eigenvalue weighted by molar-refractivity contribution is -0.124. The molecular formula is C13H20N2O2. The molecule has 0 aliphatic carbocycles. The van der Waals surface area contributed by atoms with Gasteiger partial charge in [-0.15, -0.1) is 0 Å². The van der Waals surface area contributed by atoms with Crippen LogP contribution in [-0.4, -0.2) is 25.1 Å². The van der Waals surface area contributed by atoms with Crippen LogP contribution >= 0.6 is 0 Å². The predicted octanol–water partition coefficient (Wildman–Crippen LogP) is 2.02. The van der Waals surface area contributed by atoms with Crippen molar-refractivity contribution in [3.05, 3.63) is 24.3 Å². The number of carbonyl (C=O) groups excluding carboxylic acids is 1. The number of carbonyl (C=O) groups is 1. The summed E-state index contributed by atoms with van der Waals surface area (Å²) >= 11 is 0. The molecular weight excluding hydrogens is 216 g/mol. The Hall–Kier alpha value is -1.71. The monoisotopic (exact) mass is 236 g/mol. The number of anilines is 1. The van der Waals surface area contributed by atoms with E-state index in [0.717, 1.165) is 5.69 Å². The zero-order valence-electron chi connectivity index (χ0n) is 10.8. The van der Waals surface area contributed by atoms with Gasteiger partial charge in [0.15, 0.2) is 6.61 Å². The molecule has 0 bridgehead atoms. The lowest BCUT2D eigenvalue weighted by Crippen LogP contribution is -2.43. The van der Waals surface area contributed by atoms with Crippen molar-refractivity contribution >= 4 is 11.6 Å². The van der Waals surface area contributed by atoms with Gasteiger partial charge >= 0.3 is 0 Å². The highest BCUT2D eigenvalue weighted by atomic mass is 16.5. The molecule has 0 spiro atoms. The minimum Gasteiger partial charge on any atom is -0.484 e. The van der Waals surface area contributed by atoms with Crippen molar-refractivity contribution < 1.29 is 9.53 Å². The molecule has 0 heterocycles. The van der Waals surface area contributed by atoms with Gasteiger partial charge in [-0.25, -0.2) is 0 Å². The summed E-state index contributed by atoms with van der Waals surface area (Å²) in [6.45, 7) is 5.85. The predicted molar refractivity (Wildman–Crippen MR) is 69.4 cm³/mol. The Kier molecular flexibility index (Phi) is 4.37. The third-order valence-electron chi connectivity index (χ3n) is 2.03. The van der Waals surface area contributed by atoms with E-state index in [9.17, 15) is 4.79 Å². The van der Waals surface area contributed by atoms with E-state index in [1.807, 2.05) is 52.1 Å². The van der Waals surface area contributed by atoms with Gasteiger partial charge in [0, 0.05) is 18.3 Å². The Balaban J connectivity index is 2.42. The SMILES string of the molecule is CNc1ccc(OCC(=O)NC(C)(C)C)cc1. The molecule has 0 aliphatic heterocycles. The molecule has 1 aromatic carbocycles. The van der Waals surface area contributed by atoms with Crippen molar-refractivity contribution in [3.8, 4) is 5.75 Å². The van der Waals surface area contributed by atoms with Gasteiger partial charge in [0.25, 0.3) is 5.91 Å². The molecule has 0 aromatic heterocycles. The highest BCUT2D eigenvalue weighted by Gasteiger charge is 2.13. The van der Waals surface area contributed by atoms with Crippen LogP contribution in [0.3, 0.4) is 0 Å². The molecule has 2 N–H and O–H groups in total. The number of nitrogens with one attached hydrogen (secondary N) is 2. The van der Waals surface area contributed by atoms with Gasteiger partial charge in [0.05, 0.1) is 0 Å². The van der Waals surface area contributed by atoms with E-state index in [4.69, 9.17) is 4.74 Å². The number of hydrogen-bond donors (Lipinski definition) is 2. The molecule has 0 saturated heterocycles. The Bertz CT molecular complexity index is 366. The summed E-state index contributed by atoms with van der Waals surface area (Å²) in [6.07, 6.45) is 0. The smallest absolute Gasteiger partial charge is 0.258 e. The lowest BCUT2D eigenvalue weighted by atomic mass is 10.1. The first-order valence-corrected chi connectivity index (χ1v) is 5.62. The van der Waals surface area contributed by atoms with Gasteiger partial charge in [-0.2, -0.15) is 0 Å². The summed E-state index contributed by atoms with van der Waals surface area (Å²) in [4.78, 5) is 11.5. The van der Waals surface area contributed by atoms with E-state index in [-0.39, 0.29) is 18.1 Å². The molecule has 0 saturated carbocycles. The second kappa shape index (κ2) is 5.57. The first kappa shape index (κ1) is 13.4. The summed E-state index contributed by atoms with van der Waals surface area (Å²) in [5, 5.41) is 5.85. The normalized spacial score (nSPS) is 10.8. The molecule has 1 aromatic rings. The van der Waals surface area contributed by atoms with Crippen LogP contribution in [0.1, 0.15) is 20.8 Å². The molecule has 1 amide bonds. The summed E-state index contributed by atoms with van der Waals surface area (Å²) in [7, 11) is 1.85. The van der Waals surface area contributed by atoms with Crippen LogP contribution in [0, 0.1) is 0 Å². The topological polar surface area (TPSA) is 50.4 Å². The average Bonchev–Trinajstić information content (AvgIpc) is 2.25. The third-order valence-corrected chi connectivity index (χ3v) is 2.03. The van der Waals surface area contributed by atoms with Crippen LogP contribution in [0.2, 0.25) is 0 Å². The van der Waals surface area contributed by atoms with Gasteiger partial charge in [0.1, 0.15) is 5.75 Å². The summed E-state index contributed by atoms with van der Waals surface area (Å²) in [5.74, 6) is 0.572. The molecule has 4 nitrogen and oxygen atoms in total. The third kappa shape index (κ3) is 5.24. The zero-order valence-corrected chi connectivity index (χ0v) is 10.8. The van der Waals surface area contributed by atoms with E-state index in [1.165, 1.54) is 0 Å². The van der Waals surface area contributed by atoms with E-state index in [2.05, 4.69) is 10.6 Å². The van der Waals surface area contributed by atoms with Crippen LogP contribution in [0.5, 0.6) is 5.75 Å². The first-order valence-electron chi connectivity index (χ1n) is 5.62. The van der Waals surface area contributed by atoms with Gasteiger partial charge < -0.3 is 15.4 Å². The highest BCUT2D eigenvalue weighted by molar-refractivity contribution is 5.78. The standard InChI is InChI=1S/C13H20N2O2/c1-13(2,3)15-12(16)9-17-11-7-5-10(14-4)6-8-11/h5-8,14H,9H2,1-4H3,(H,15,16). The number of hydrogen-bond acceptors (Lipinski definition) is 3. The van der Waals surface area contributed by atoms with Crippen LogP contribution in [0.25, 0.3) is 0 Å². The molecule has 0 radical (unpaired) electrons. The number of benzene rings is 1. The quantitative estimate of drug-likeness (QED) is 0.841. The maximum Gasteiger partial charge on any atom is 0.258 e. The minimum atomic E-state index is -0.226. The summed E-state index contributed by atoms with van der Waals surface area (Å²) in [5.41, 5.74) is 0.785. The Morgan fingerprint density at radius 1 is 1.24 bits per heavy atom.